The molecule has 1 fully saturated rings. The van der Waals surface area contributed by atoms with E-state index in [0.717, 1.165) is 30.8 Å². The number of likely N-dealkylation sites (N-methyl/N-ethyl adjacent to an activating group) is 1. The predicted molar refractivity (Wildman–Crippen MR) is 92.0 cm³/mol. The molecule has 5 nitrogen and oxygen atoms in total. The highest BCUT2D eigenvalue weighted by atomic mass is 32.1. The minimum atomic E-state index is 0.0678. The number of nitrogens with one attached hydrogen (secondary N) is 1. The fourth-order valence-electron chi connectivity index (χ4n) is 3.32. The lowest BCUT2D eigenvalue weighted by atomic mass is 9.99. The van der Waals surface area contributed by atoms with Crippen LogP contribution in [0.3, 0.4) is 0 Å². The molecule has 0 atom stereocenters. The summed E-state index contributed by atoms with van der Waals surface area (Å²) < 4.78 is 0. The first-order valence-electron chi connectivity index (χ1n) is 8.57. The Balaban J connectivity index is 1.54. The maximum Gasteiger partial charge on any atom is 0.264 e. The molecule has 2 amide bonds. The van der Waals surface area contributed by atoms with E-state index in [4.69, 9.17) is 0 Å². The second kappa shape index (κ2) is 7.45. The van der Waals surface area contributed by atoms with Gasteiger partial charge in [0.1, 0.15) is 0 Å². The number of hydrogen-bond donors (Lipinski definition) is 1. The Labute approximate surface area is 141 Å². The second-order valence-corrected chi connectivity index (χ2v) is 7.42. The van der Waals surface area contributed by atoms with Crippen LogP contribution in [-0.2, 0) is 17.6 Å². The van der Waals surface area contributed by atoms with Crippen LogP contribution in [0.5, 0.6) is 0 Å². The lowest BCUT2D eigenvalue weighted by Gasteiger charge is -2.34. The molecule has 0 aromatic carbocycles. The van der Waals surface area contributed by atoms with E-state index in [1.165, 1.54) is 23.3 Å². The van der Waals surface area contributed by atoms with Crippen LogP contribution in [0.15, 0.2) is 6.07 Å². The molecular weight excluding hydrogens is 310 g/mol. The third-order valence-electron chi connectivity index (χ3n) is 4.61. The number of amides is 2. The summed E-state index contributed by atoms with van der Waals surface area (Å²) in [6.07, 6.45) is 4.75. The Kier molecular flexibility index (Phi) is 5.33. The van der Waals surface area contributed by atoms with Crippen LogP contribution in [0.25, 0.3) is 0 Å². The van der Waals surface area contributed by atoms with E-state index in [1.807, 2.05) is 11.8 Å². The van der Waals surface area contributed by atoms with Crippen molar-refractivity contribution in [3.8, 4) is 0 Å². The largest absolute Gasteiger partial charge is 0.355 e. The second-order valence-electron chi connectivity index (χ2n) is 6.29. The highest BCUT2D eigenvalue weighted by molar-refractivity contribution is 7.14. The summed E-state index contributed by atoms with van der Waals surface area (Å²) in [5, 5.41) is 2.82. The average molecular weight is 335 g/mol. The van der Waals surface area contributed by atoms with Crippen molar-refractivity contribution in [2.45, 2.75) is 32.6 Å². The van der Waals surface area contributed by atoms with Gasteiger partial charge in [-0.15, -0.1) is 11.3 Å². The van der Waals surface area contributed by atoms with E-state index in [-0.39, 0.29) is 11.8 Å². The number of fused-ring (bicyclic) bond motifs is 1. The Morgan fingerprint density at radius 1 is 1.17 bits per heavy atom. The van der Waals surface area contributed by atoms with E-state index < -0.39 is 0 Å². The van der Waals surface area contributed by atoms with Crippen molar-refractivity contribution in [2.75, 3.05) is 39.3 Å². The molecule has 1 aromatic heterocycles. The molecule has 1 aliphatic heterocycles. The minimum Gasteiger partial charge on any atom is -0.355 e. The SMILES string of the molecule is CCNC(=O)CN1CCN(C(=O)c2cc3c(s2)CCCC3)CC1. The zero-order valence-electron chi connectivity index (χ0n) is 13.8. The van der Waals surface area contributed by atoms with E-state index in [2.05, 4.69) is 16.3 Å². The highest BCUT2D eigenvalue weighted by Gasteiger charge is 2.25. The van der Waals surface area contributed by atoms with Crippen molar-refractivity contribution in [3.05, 3.63) is 21.4 Å². The van der Waals surface area contributed by atoms with Crippen molar-refractivity contribution < 1.29 is 9.59 Å². The van der Waals surface area contributed by atoms with Gasteiger partial charge in [0.05, 0.1) is 11.4 Å². The first-order chi connectivity index (χ1) is 11.2. The van der Waals surface area contributed by atoms with E-state index >= 15 is 0 Å². The Morgan fingerprint density at radius 3 is 2.61 bits per heavy atom. The summed E-state index contributed by atoms with van der Waals surface area (Å²) in [4.78, 5) is 30.7. The Hall–Kier alpha value is -1.40. The molecule has 6 heteroatoms. The van der Waals surface area contributed by atoms with Gasteiger partial charge in [0, 0.05) is 37.6 Å². The Bertz CT molecular complexity index is 553. The Morgan fingerprint density at radius 2 is 1.91 bits per heavy atom. The molecule has 1 aromatic rings. The first-order valence-corrected chi connectivity index (χ1v) is 9.39. The minimum absolute atomic E-state index is 0.0678. The number of thiophene rings is 1. The standard InChI is InChI=1S/C17H25N3O2S/c1-2-18-16(21)12-19-7-9-20(10-8-19)17(22)15-11-13-5-3-4-6-14(13)23-15/h11H,2-10,12H2,1H3,(H,18,21). The average Bonchev–Trinajstić information content (AvgIpc) is 2.99. The fourth-order valence-corrected chi connectivity index (χ4v) is 4.54. The zero-order valence-corrected chi connectivity index (χ0v) is 14.6. The van der Waals surface area contributed by atoms with E-state index in [0.29, 0.717) is 26.2 Å². The topological polar surface area (TPSA) is 52.7 Å². The molecule has 2 heterocycles. The summed E-state index contributed by atoms with van der Waals surface area (Å²) in [5.74, 6) is 0.236. The van der Waals surface area contributed by atoms with Gasteiger partial charge in [0.15, 0.2) is 0 Å². The molecule has 2 aliphatic rings. The number of piperazine rings is 1. The zero-order chi connectivity index (χ0) is 16.2. The van der Waals surface area contributed by atoms with Gasteiger partial charge in [-0.25, -0.2) is 0 Å². The van der Waals surface area contributed by atoms with Crippen molar-refractivity contribution in [1.29, 1.82) is 0 Å². The van der Waals surface area contributed by atoms with Gasteiger partial charge in [0.25, 0.3) is 5.91 Å². The van der Waals surface area contributed by atoms with Crippen molar-refractivity contribution in [3.63, 3.8) is 0 Å². The predicted octanol–water partition coefficient (Wildman–Crippen LogP) is 1.52. The third kappa shape index (κ3) is 3.93. The number of aryl methyl sites for hydroxylation is 2. The lowest BCUT2D eigenvalue weighted by Crippen LogP contribution is -2.51. The van der Waals surface area contributed by atoms with Gasteiger partial charge in [-0.1, -0.05) is 0 Å². The van der Waals surface area contributed by atoms with Crippen LogP contribution in [0.1, 0.15) is 39.9 Å². The fraction of sp³-hybridized carbons (Fsp3) is 0.647. The van der Waals surface area contributed by atoms with Gasteiger partial charge < -0.3 is 10.2 Å². The molecule has 0 bridgehead atoms. The van der Waals surface area contributed by atoms with Crippen LogP contribution in [-0.4, -0.2) is 60.9 Å². The van der Waals surface area contributed by atoms with E-state index in [9.17, 15) is 9.59 Å². The molecule has 3 rings (SSSR count). The van der Waals surface area contributed by atoms with Crippen LogP contribution < -0.4 is 5.32 Å². The smallest absolute Gasteiger partial charge is 0.264 e. The van der Waals surface area contributed by atoms with E-state index in [1.54, 1.807) is 11.3 Å². The number of nitrogens with zero attached hydrogens (tertiary/aromatic N) is 2. The molecule has 0 saturated carbocycles. The van der Waals surface area contributed by atoms with Crippen LogP contribution in [0.4, 0.5) is 0 Å². The molecule has 126 valence electrons. The molecule has 23 heavy (non-hydrogen) atoms. The van der Waals surface area contributed by atoms with Gasteiger partial charge in [-0.2, -0.15) is 0 Å². The number of carbonyl (C=O) groups excluding carboxylic acids is 2. The molecule has 0 unspecified atom stereocenters. The van der Waals surface area contributed by atoms with Crippen LogP contribution >= 0.6 is 11.3 Å². The molecule has 0 radical (unpaired) electrons. The number of carbonyl (C=O) groups is 2. The third-order valence-corrected chi connectivity index (χ3v) is 5.83. The number of hydrogen-bond acceptors (Lipinski definition) is 4. The van der Waals surface area contributed by atoms with Gasteiger partial charge >= 0.3 is 0 Å². The lowest BCUT2D eigenvalue weighted by molar-refractivity contribution is -0.122. The monoisotopic (exact) mass is 335 g/mol. The van der Waals surface area contributed by atoms with Crippen molar-refractivity contribution in [1.82, 2.24) is 15.1 Å². The maximum absolute atomic E-state index is 12.7. The van der Waals surface area contributed by atoms with Crippen molar-refractivity contribution in [2.24, 2.45) is 0 Å². The summed E-state index contributed by atoms with van der Waals surface area (Å²) in [5.41, 5.74) is 1.39. The normalized spacial score (nSPS) is 18.6. The van der Waals surface area contributed by atoms with Gasteiger partial charge in [0.2, 0.25) is 5.91 Å². The quantitative estimate of drug-likeness (QED) is 0.908. The number of rotatable bonds is 4. The van der Waals surface area contributed by atoms with Crippen molar-refractivity contribution >= 4 is 23.2 Å². The highest BCUT2D eigenvalue weighted by Crippen LogP contribution is 2.30. The van der Waals surface area contributed by atoms with Gasteiger partial charge in [-0.05, 0) is 44.2 Å². The molecule has 1 saturated heterocycles. The summed E-state index contributed by atoms with van der Waals surface area (Å²) in [6.45, 7) is 5.99. The molecular formula is C17H25N3O2S. The molecule has 1 N–H and O–H groups in total. The summed E-state index contributed by atoms with van der Waals surface area (Å²) in [6, 6.07) is 2.11. The van der Waals surface area contributed by atoms with Crippen LogP contribution in [0.2, 0.25) is 0 Å². The van der Waals surface area contributed by atoms with Crippen LogP contribution in [0, 0.1) is 0 Å². The first kappa shape index (κ1) is 16.5. The molecule has 0 spiro atoms. The van der Waals surface area contributed by atoms with Gasteiger partial charge in [-0.3, -0.25) is 14.5 Å². The molecule has 1 aliphatic carbocycles. The maximum atomic E-state index is 12.7. The summed E-state index contributed by atoms with van der Waals surface area (Å²) >= 11 is 1.69. The summed E-state index contributed by atoms with van der Waals surface area (Å²) in [7, 11) is 0.